The lowest BCUT2D eigenvalue weighted by molar-refractivity contribution is 0.0508. The highest BCUT2D eigenvalue weighted by molar-refractivity contribution is 7.13. The second-order valence-corrected chi connectivity index (χ2v) is 13.5. The monoisotopic (exact) mass is 615 g/mol. The van der Waals surface area contributed by atoms with Crippen molar-refractivity contribution in [2.24, 2.45) is 5.92 Å². The van der Waals surface area contributed by atoms with Crippen molar-refractivity contribution in [3.8, 4) is 27.5 Å². The fourth-order valence-electron chi connectivity index (χ4n) is 6.43. The van der Waals surface area contributed by atoms with Crippen LogP contribution in [0.3, 0.4) is 0 Å². The zero-order valence-electron chi connectivity index (χ0n) is 26.1. The van der Waals surface area contributed by atoms with Gasteiger partial charge in [0.25, 0.3) is 11.5 Å². The molecule has 5 rings (SSSR count). The SMILES string of the molecule is CCc1cccc(CC)c1-n1c(CC(C)C)c(C(=O)N2[C@H](C)CCC[C@@H]2C)cc(-c2nc(-c3ccc(Cl)cc3)cs2)c1=O. The largest absolute Gasteiger partial charge is 0.333 e. The summed E-state index contributed by atoms with van der Waals surface area (Å²) in [6.07, 6.45) is 5.26. The van der Waals surface area contributed by atoms with Gasteiger partial charge in [0, 0.05) is 33.7 Å². The van der Waals surface area contributed by atoms with Gasteiger partial charge in [-0.3, -0.25) is 14.2 Å². The van der Waals surface area contributed by atoms with Gasteiger partial charge in [-0.25, -0.2) is 4.98 Å². The summed E-state index contributed by atoms with van der Waals surface area (Å²) in [5.74, 6) is 0.251. The molecule has 5 nitrogen and oxygen atoms in total. The van der Waals surface area contributed by atoms with Crippen molar-refractivity contribution in [1.82, 2.24) is 14.5 Å². The molecule has 0 saturated carbocycles. The highest BCUT2D eigenvalue weighted by atomic mass is 35.5. The zero-order valence-corrected chi connectivity index (χ0v) is 27.7. The van der Waals surface area contributed by atoms with E-state index in [0.29, 0.717) is 27.6 Å². The summed E-state index contributed by atoms with van der Waals surface area (Å²) >= 11 is 7.56. The van der Waals surface area contributed by atoms with Crippen molar-refractivity contribution in [2.45, 2.75) is 92.2 Å². The van der Waals surface area contributed by atoms with Gasteiger partial charge in [0.1, 0.15) is 5.01 Å². The number of piperidine rings is 1. The molecule has 4 aromatic rings. The number of likely N-dealkylation sites (tertiary alicyclic amines) is 1. The lowest BCUT2D eigenvalue weighted by Crippen LogP contribution is -2.48. The minimum absolute atomic E-state index is 0.00635. The number of hydrogen-bond acceptors (Lipinski definition) is 4. The number of pyridine rings is 1. The molecule has 7 heteroatoms. The van der Waals surface area contributed by atoms with Gasteiger partial charge in [-0.15, -0.1) is 11.3 Å². The van der Waals surface area contributed by atoms with E-state index in [1.807, 2.05) is 40.3 Å². The van der Waals surface area contributed by atoms with E-state index in [1.165, 1.54) is 11.3 Å². The van der Waals surface area contributed by atoms with Crippen LogP contribution in [0.2, 0.25) is 5.02 Å². The maximum atomic E-state index is 14.8. The summed E-state index contributed by atoms with van der Waals surface area (Å²) in [6.45, 7) is 12.8. The van der Waals surface area contributed by atoms with E-state index in [1.54, 1.807) is 0 Å². The van der Waals surface area contributed by atoms with Crippen LogP contribution in [-0.2, 0) is 19.3 Å². The summed E-state index contributed by atoms with van der Waals surface area (Å²) in [5.41, 5.74) is 6.57. The number of halogens is 1. The smallest absolute Gasteiger partial charge is 0.265 e. The Morgan fingerprint density at radius 2 is 1.65 bits per heavy atom. The topological polar surface area (TPSA) is 55.2 Å². The Kier molecular flexibility index (Phi) is 9.57. The number of aromatic nitrogens is 2. The molecule has 2 aromatic carbocycles. The van der Waals surface area contributed by atoms with Crippen LogP contribution in [0.15, 0.2) is 58.7 Å². The first-order chi connectivity index (χ1) is 20.6. The van der Waals surface area contributed by atoms with Crippen LogP contribution in [-0.4, -0.2) is 32.4 Å². The van der Waals surface area contributed by atoms with E-state index < -0.39 is 0 Å². The minimum Gasteiger partial charge on any atom is -0.333 e. The van der Waals surface area contributed by atoms with Crippen molar-refractivity contribution in [3.05, 3.63) is 91.7 Å². The van der Waals surface area contributed by atoms with Crippen LogP contribution >= 0.6 is 22.9 Å². The number of aryl methyl sites for hydroxylation is 2. The third-order valence-corrected chi connectivity index (χ3v) is 9.75. The standard InChI is InChI=1S/C36H42ClN3O2S/c1-7-25-13-10-14-26(8-2)33(25)40-32(19-22(3)4)29(35(41)39-23(5)11-9-12-24(39)6)20-30(36(40)42)34-38-31(21-43-34)27-15-17-28(37)18-16-27/h10,13-18,20-24H,7-9,11-12,19H2,1-6H3/t23-,24+. The van der Waals surface area contributed by atoms with Crippen molar-refractivity contribution in [1.29, 1.82) is 0 Å². The molecule has 0 N–H and O–H groups in total. The molecule has 0 radical (unpaired) electrons. The average molecular weight is 616 g/mol. The molecule has 1 aliphatic heterocycles. The quantitative estimate of drug-likeness (QED) is 0.199. The minimum atomic E-state index is -0.125. The summed E-state index contributed by atoms with van der Waals surface area (Å²) in [6, 6.07) is 15.9. The molecule has 43 heavy (non-hydrogen) atoms. The number of nitrogens with zero attached hydrogens (tertiary/aromatic N) is 3. The fourth-order valence-corrected chi connectivity index (χ4v) is 7.39. The van der Waals surface area contributed by atoms with Gasteiger partial charge in [-0.1, -0.05) is 69.6 Å². The number of para-hydroxylation sites is 1. The molecule has 0 unspecified atom stereocenters. The van der Waals surface area contributed by atoms with Crippen LogP contribution < -0.4 is 5.56 Å². The van der Waals surface area contributed by atoms with Crippen LogP contribution in [0.4, 0.5) is 0 Å². The van der Waals surface area contributed by atoms with Crippen LogP contribution in [0.25, 0.3) is 27.5 Å². The highest BCUT2D eigenvalue weighted by Crippen LogP contribution is 2.33. The number of carbonyl (C=O) groups excluding carboxylic acids is 1. The van der Waals surface area contributed by atoms with Crippen molar-refractivity contribution < 1.29 is 4.79 Å². The highest BCUT2D eigenvalue weighted by Gasteiger charge is 2.33. The number of benzene rings is 2. The van der Waals surface area contributed by atoms with Gasteiger partial charge >= 0.3 is 0 Å². The summed E-state index contributed by atoms with van der Waals surface area (Å²) in [4.78, 5) is 36.4. The van der Waals surface area contributed by atoms with Crippen molar-refractivity contribution >= 4 is 28.8 Å². The Morgan fingerprint density at radius 1 is 1.02 bits per heavy atom. The molecule has 1 amide bonds. The summed E-state index contributed by atoms with van der Waals surface area (Å²) < 4.78 is 1.88. The van der Waals surface area contributed by atoms with E-state index in [4.69, 9.17) is 16.6 Å². The Labute approximate surface area is 264 Å². The number of amides is 1. The van der Waals surface area contributed by atoms with E-state index in [9.17, 15) is 9.59 Å². The number of hydrogen-bond donors (Lipinski definition) is 0. The number of carbonyl (C=O) groups is 1. The lowest BCUT2D eigenvalue weighted by Gasteiger charge is -2.39. The molecule has 1 fully saturated rings. The van der Waals surface area contributed by atoms with Crippen molar-refractivity contribution in [2.75, 3.05) is 0 Å². The third kappa shape index (κ3) is 6.23. The van der Waals surface area contributed by atoms with Gasteiger partial charge in [0.2, 0.25) is 0 Å². The van der Waals surface area contributed by atoms with Gasteiger partial charge in [0.15, 0.2) is 0 Å². The molecule has 3 heterocycles. The molecule has 0 bridgehead atoms. The van der Waals surface area contributed by atoms with E-state index in [-0.39, 0.29) is 29.5 Å². The molecule has 2 aromatic heterocycles. The molecule has 226 valence electrons. The first-order valence-electron chi connectivity index (χ1n) is 15.6. The molecule has 1 aliphatic rings. The molecular weight excluding hydrogens is 574 g/mol. The Morgan fingerprint density at radius 3 is 2.23 bits per heavy atom. The normalized spacial score (nSPS) is 17.1. The lowest BCUT2D eigenvalue weighted by atomic mass is 9.93. The van der Waals surface area contributed by atoms with Crippen LogP contribution in [0.1, 0.15) is 88.0 Å². The van der Waals surface area contributed by atoms with E-state index in [2.05, 4.69) is 64.6 Å². The Bertz CT molecular complexity index is 1640. The second-order valence-electron chi connectivity index (χ2n) is 12.2. The molecule has 0 aliphatic carbocycles. The van der Waals surface area contributed by atoms with Gasteiger partial charge in [-0.2, -0.15) is 0 Å². The predicted octanol–water partition coefficient (Wildman–Crippen LogP) is 9.01. The maximum absolute atomic E-state index is 14.8. The Hall–Kier alpha value is -3.22. The first-order valence-corrected chi connectivity index (χ1v) is 16.8. The number of thiazole rings is 1. The first kappa shape index (κ1) is 31.2. The molecule has 1 saturated heterocycles. The fraction of sp³-hybridized carbons (Fsp3) is 0.417. The maximum Gasteiger partial charge on any atom is 0.265 e. The van der Waals surface area contributed by atoms with Crippen LogP contribution in [0.5, 0.6) is 0 Å². The predicted molar refractivity (Wildman–Crippen MR) is 180 cm³/mol. The molecular formula is C36H42ClN3O2S. The van der Waals surface area contributed by atoms with E-state index in [0.717, 1.165) is 65.9 Å². The van der Waals surface area contributed by atoms with Crippen molar-refractivity contribution in [3.63, 3.8) is 0 Å². The van der Waals surface area contributed by atoms with Gasteiger partial charge in [0.05, 0.1) is 22.5 Å². The van der Waals surface area contributed by atoms with Gasteiger partial charge in [-0.05, 0) is 87.6 Å². The molecule has 2 atom stereocenters. The molecule has 0 spiro atoms. The second kappa shape index (κ2) is 13.2. The van der Waals surface area contributed by atoms with E-state index >= 15 is 0 Å². The third-order valence-electron chi connectivity index (χ3n) is 8.63. The van der Waals surface area contributed by atoms with Gasteiger partial charge < -0.3 is 4.90 Å². The zero-order chi connectivity index (χ0) is 30.8. The summed E-state index contributed by atoms with van der Waals surface area (Å²) in [7, 11) is 0. The number of rotatable bonds is 8. The Balaban J connectivity index is 1.82. The summed E-state index contributed by atoms with van der Waals surface area (Å²) in [5, 5.41) is 3.24. The van der Waals surface area contributed by atoms with Crippen LogP contribution in [0, 0.1) is 5.92 Å². The average Bonchev–Trinajstić information content (AvgIpc) is 3.47.